The summed E-state index contributed by atoms with van der Waals surface area (Å²) in [6.45, 7) is 2.21. The van der Waals surface area contributed by atoms with Crippen molar-refractivity contribution in [3.8, 4) is 0 Å². The fraction of sp³-hybridized carbons (Fsp3) is 0.625. The Morgan fingerprint density at radius 3 is 2.95 bits per heavy atom. The number of pyridine rings is 1. The van der Waals surface area contributed by atoms with E-state index in [4.69, 9.17) is 0 Å². The van der Waals surface area contributed by atoms with Gasteiger partial charge in [0.05, 0.1) is 5.92 Å². The van der Waals surface area contributed by atoms with Gasteiger partial charge in [-0.3, -0.25) is 9.78 Å². The summed E-state index contributed by atoms with van der Waals surface area (Å²) in [5.41, 5.74) is 1.16. The molecule has 0 aromatic carbocycles. The van der Waals surface area contributed by atoms with Crippen LogP contribution in [0.1, 0.15) is 44.6 Å². The third kappa shape index (κ3) is 3.79. The topological polar surface area (TPSA) is 50.2 Å². The third-order valence-corrected chi connectivity index (χ3v) is 4.33. The molecule has 3 unspecified atom stereocenters. The Morgan fingerprint density at radius 2 is 2.32 bits per heavy atom. The minimum atomic E-state index is -0.621. The van der Waals surface area contributed by atoms with Crippen LogP contribution in [0.25, 0.3) is 0 Å². The van der Waals surface area contributed by atoms with Crippen molar-refractivity contribution >= 4 is 5.97 Å². The van der Waals surface area contributed by atoms with Crippen LogP contribution >= 0.6 is 0 Å². The molecule has 0 spiro atoms. The molecule has 0 aliphatic heterocycles. The third-order valence-electron chi connectivity index (χ3n) is 4.33. The monoisotopic (exact) mass is 261 g/mol. The molecule has 1 fully saturated rings. The Morgan fingerprint density at radius 1 is 1.47 bits per heavy atom. The van der Waals surface area contributed by atoms with Gasteiger partial charge in [0.2, 0.25) is 0 Å². The zero-order chi connectivity index (χ0) is 13.7. The van der Waals surface area contributed by atoms with Crippen molar-refractivity contribution in [1.29, 1.82) is 0 Å². The van der Waals surface area contributed by atoms with Gasteiger partial charge in [0.25, 0.3) is 0 Å². The number of aromatic nitrogens is 1. The average molecular weight is 261 g/mol. The molecule has 0 bridgehead atoms. The van der Waals surface area contributed by atoms with Gasteiger partial charge in [-0.05, 0) is 49.1 Å². The van der Waals surface area contributed by atoms with Crippen LogP contribution in [0.15, 0.2) is 24.5 Å². The first-order valence-electron chi connectivity index (χ1n) is 7.32. The summed E-state index contributed by atoms with van der Waals surface area (Å²) < 4.78 is 0. The molecule has 1 saturated carbocycles. The summed E-state index contributed by atoms with van der Waals surface area (Å²) >= 11 is 0. The molecule has 0 saturated heterocycles. The Balaban J connectivity index is 2.05. The molecule has 2 rings (SSSR count). The second-order valence-corrected chi connectivity index (χ2v) is 5.74. The van der Waals surface area contributed by atoms with Crippen molar-refractivity contribution in [2.24, 2.45) is 17.8 Å². The van der Waals surface area contributed by atoms with Crippen molar-refractivity contribution in [2.45, 2.75) is 45.4 Å². The summed E-state index contributed by atoms with van der Waals surface area (Å²) in [6, 6.07) is 3.98. The molecule has 19 heavy (non-hydrogen) atoms. The molecule has 104 valence electrons. The van der Waals surface area contributed by atoms with Gasteiger partial charge in [-0.2, -0.15) is 0 Å². The molecule has 1 aliphatic rings. The number of hydrogen-bond acceptors (Lipinski definition) is 2. The predicted octanol–water partition coefficient (Wildman–Crippen LogP) is 3.54. The van der Waals surface area contributed by atoms with Crippen LogP contribution in [0.5, 0.6) is 0 Å². The van der Waals surface area contributed by atoms with Gasteiger partial charge in [-0.15, -0.1) is 0 Å². The van der Waals surface area contributed by atoms with E-state index in [1.54, 1.807) is 6.20 Å². The molecule has 1 heterocycles. The fourth-order valence-corrected chi connectivity index (χ4v) is 3.40. The Bertz CT molecular complexity index is 404. The quantitative estimate of drug-likeness (QED) is 0.882. The molecule has 0 amide bonds. The van der Waals surface area contributed by atoms with Crippen LogP contribution < -0.4 is 0 Å². The molecular weight excluding hydrogens is 238 g/mol. The van der Waals surface area contributed by atoms with Gasteiger partial charge in [-0.25, -0.2) is 0 Å². The van der Waals surface area contributed by atoms with Crippen LogP contribution in [0, 0.1) is 17.8 Å². The first-order chi connectivity index (χ1) is 9.20. The molecule has 1 N–H and O–H groups in total. The summed E-state index contributed by atoms with van der Waals surface area (Å²) in [5.74, 6) is 0.187. The lowest BCUT2D eigenvalue weighted by molar-refractivity contribution is -0.145. The fourth-order valence-electron chi connectivity index (χ4n) is 3.40. The number of carboxylic acid groups (broad SMARTS) is 1. The van der Waals surface area contributed by atoms with Crippen molar-refractivity contribution < 1.29 is 9.90 Å². The summed E-state index contributed by atoms with van der Waals surface area (Å²) in [6.07, 6.45) is 9.88. The number of hydrogen-bond donors (Lipinski definition) is 1. The van der Waals surface area contributed by atoms with Crippen molar-refractivity contribution in [1.82, 2.24) is 4.98 Å². The van der Waals surface area contributed by atoms with Gasteiger partial charge < -0.3 is 5.11 Å². The van der Waals surface area contributed by atoms with Crippen LogP contribution in [0.2, 0.25) is 0 Å². The summed E-state index contributed by atoms with van der Waals surface area (Å²) in [5, 5.41) is 9.39. The zero-order valence-corrected chi connectivity index (χ0v) is 11.6. The second kappa shape index (κ2) is 6.69. The van der Waals surface area contributed by atoms with E-state index < -0.39 is 5.97 Å². The summed E-state index contributed by atoms with van der Waals surface area (Å²) in [4.78, 5) is 15.5. The molecule has 3 heteroatoms. The molecular formula is C16H23NO2. The maximum Gasteiger partial charge on any atom is 0.306 e. The Kier molecular flexibility index (Phi) is 4.94. The first-order valence-corrected chi connectivity index (χ1v) is 7.32. The van der Waals surface area contributed by atoms with E-state index in [9.17, 15) is 9.90 Å². The summed E-state index contributed by atoms with van der Waals surface area (Å²) in [7, 11) is 0. The molecule has 1 aromatic heterocycles. The van der Waals surface area contributed by atoms with E-state index in [-0.39, 0.29) is 11.8 Å². The number of aliphatic carboxylic acids is 1. The number of carboxylic acids is 1. The van der Waals surface area contributed by atoms with E-state index >= 15 is 0 Å². The van der Waals surface area contributed by atoms with Gasteiger partial charge in [0.1, 0.15) is 0 Å². The Labute approximate surface area is 115 Å². The highest BCUT2D eigenvalue weighted by atomic mass is 16.4. The molecule has 0 radical (unpaired) electrons. The highest BCUT2D eigenvalue weighted by Crippen LogP contribution is 2.38. The Hall–Kier alpha value is -1.38. The van der Waals surface area contributed by atoms with E-state index in [1.165, 1.54) is 12.8 Å². The van der Waals surface area contributed by atoms with Crippen molar-refractivity contribution in [2.75, 3.05) is 0 Å². The molecule has 3 nitrogen and oxygen atoms in total. The van der Waals surface area contributed by atoms with Crippen LogP contribution in [-0.4, -0.2) is 16.1 Å². The van der Waals surface area contributed by atoms with Crippen LogP contribution in [0.3, 0.4) is 0 Å². The smallest absolute Gasteiger partial charge is 0.306 e. The van der Waals surface area contributed by atoms with Gasteiger partial charge in [0, 0.05) is 12.4 Å². The van der Waals surface area contributed by atoms with E-state index in [1.807, 2.05) is 12.3 Å². The van der Waals surface area contributed by atoms with Gasteiger partial charge in [-0.1, -0.05) is 25.8 Å². The highest BCUT2D eigenvalue weighted by molar-refractivity contribution is 5.70. The first kappa shape index (κ1) is 14.0. The van der Waals surface area contributed by atoms with Crippen molar-refractivity contribution in [3.63, 3.8) is 0 Å². The van der Waals surface area contributed by atoms with Gasteiger partial charge in [0.15, 0.2) is 0 Å². The molecule has 3 atom stereocenters. The van der Waals surface area contributed by atoms with Crippen LogP contribution in [0.4, 0.5) is 0 Å². The van der Waals surface area contributed by atoms with Gasteiger partial charge >= 0.3 is 5.97 Å². The van der Waals surface area contributed by atoms with E-state index in [0.717, 1.165) is 31.2 Å². The highest BCUT2D eigenvalue weighted by Gasteiger charge is 2.34. The average Bonchev–Trinajstić information content (AvgIpc) is 2.40. The lowest BCUT2D eigenvalue weighted by Gasteiger charge is -2.34. The second-order valence-electron chi connectivity index (χ2n) is 5.74. The molecule has 1 aliphatic carbocycles. The normalized spacial score (nSPS) is 27.1. The SMILES string of the molecule is CCCC1CCC(C(=O)O)C(Cc2cccnc2)C1. The van der Waals surface area contributed by atoms with E-state index in [2.05, 4.69) is 18.0 Å². The maximum atomic E-state index is 11.4. The number of rotatable bonds is 5. The maximum absolute atomic E-state index is 11.4. The number of carbonyl (C=O) groups is 1. The minimum absolute atomic E-state index is 0.173. The zero-order valence-electron chi connectivity index (χ0n) is 11.6. The predicted molar refractivity (Wildman–Crippen MR) is 74.8 cm³/mol. The lowest BCUT2D eigenvalue weighted by Crippen LogP contribution is -2.32. The van der Waals surface area contributed by atoms with Crippen LogP contribution in [-0.2, 0) is 11.2 Å². The molecule has 1 aromatic rings. The van der Waals surface area contributed by atoms with E-state index in [0.29, 0.717) is 5.92 Å². The largest absolute Gasteiger partial charge is 0.481 e. The number of nitrogens with zero attached hydrogens (tertiary/aromatic N) is 1. The minimum Gasteiger partial charge on any atom is -0.481 e. The lowest BCUT2D eigenvalue weighted by atomic mass is 9.71. The standard InChI is InChI=1S/C16H23NO2/c1-2-4-12-6-7-15(16(18)19)14(9-12)10-13-5-3-8-17-11-13/h3,5,8,11-12,14-15H,2,4,6-7,9-10H2,1H3,(H,18,19). The van der Waals surface area contributed by atoms with Crippen molar-refractivity contribution in [3.05, 3.63) is 30.1 Å².